The molecule has 0 saturated carbocycles. The highest BCUT2D eigenvalue weighted by Crippen LogP contribution is 2.03. The van der Waals surface area contributed by atoms with Crippen molar-refractivity contribution in [3.8, 4) is 0 Å². The van der Waals surface area contributed by atoms with Crippen molar-refractivity contribution in [2.45, 2.75) is 19.8 Å². The molecule has 1 aromatic rings. The van der Waals surface area contributed by atoms with Gasteiger partial charge in [-0.2, -0.15) is 0 Å². The van der Waals surface area contributed by atoms with Crippen LogP contribution in [0.15, 0.2) is 10.6 Å². The van der Waals surface area contributed by atoms with E-state index in [9.17, 15) is 0 Å². The van der Waals surface area contributed by atoms with Gasteiger partial charge in [-0.05, 0) is 13.3 Å². The summed E-state index contributed by atoms with van der Waals surface area (Å²) in [6.45, 7) is 5.72. The van der Waals surface area contributed by atoms with Crippen molar-refractivity contribution in [2.75, 3.05) is 0 Å². The summed E-state index contributed by atoms with van der Waals surface area (Å²) in [7, 11) is 0. The van der Waals surface area contributed by atoms with Crippen LogP contribution >= 0.6 is 0 Å². The van der Waals surface area contributed by atoms with Crippen molar-refractivity contribution in [3.05, 3.63) is 24.4 Å². The molecule has 0 amide bonds. The van der Waals surface area contributed by atoms with E-state index in [0.29, 0.717) is 6.42 Å². The van der Waals surface area contributed by atoms with Gasteiger partial charge in [-0.3, -0.25) is 0 Å². The molecule has 0 aliphatic heterocycles. The summed E-state index contributed by atoms with van der Waals surface area (Å²) in [6.07, 6.45) is 1.62. The Balaban J connectivity index is 2.74. The monoisotopic (exact) mass is 124 g/mol. The molecule has 0 aromatic carbocycles. The minimum Gasteiger partial charge on any atom is -0.361 e. The van der Waals surface area contributed by atoms with Crippen LogP contribution in [-0.2, 0) is 12.8 Å². The van der Waals surface area contributed by atoms with E-state index >= 15 is 0 Å². The molecule has 49 valence electrons. The van der Waals surface area contributed by atoms with Crippen LogP contribution in [-0.4, -0.2) is 5.16 Å². The first kappa shape index (κ1) is 6.33. The fourth-order valence-corrected chi connectivity index (χ4v) is 0.640. The van der Waals surface area contributed by atoms with Crippen molar-refractivity contribution < 1.29 is 4.52 Å². The molecule has 2 heteroatoms. The molecule has 1 radical (unpaired) electrons. The summed E-state index contributed by atoms with van der Waals surface area (Å²) in [5.41, 5.74) is 0.937. The predicted molar refractivity (Wildman–Crippen MR) is 34.9 cm³/mol. The van der Waals surface area contributed by atoms with Gasteiger partial charge in [-0.15, -0.1) is 0 Å². The van der Waals surface area contributed by atoms with Gasteiger partial charge in [0.2, 0.25) is 0 Å². The minimum atomic E-state index is 0.712. The highest BCUT2D eigenvalue weighted by molar-refractivity contribution is 5.05. The number of aryl methyl sites for hydroxylation is 1. The molecule has 0 N–H and O–H groups in total. The van der Waals surface area contributed by atoms with Crippen molar-refractivity contribution >= 4 is 0 Å². The van der Waals surface area contributed by atoms with Crippen LogP contribution in [0.2, 0.25) is 0 Å². The van der Waals surface area contributed by atoms with Crippen molar-refractivity contribution in [3.63, 3.8) is 0 Å². The molecule has 0 fully saturated rings. The number of hydrogen-bond acceptors (Lipinski definition) is 2. The fourth-order valence-electron chi connectivity index (χ4n) is 0.640. The number of aromatic nitrogens is 1. The van der Waals surface area contributed by atoms with Crippen LogP contribution in [0.25, 0.3) is 0 Å². The van der Waals surface area contributed by atoms with E-state index in [-0.39, 0.29) is 0 Å². The van der Waals surface area contributed by atoms with Crippen molar-refractivity contribution in [2.24, 2.45) is 0 Å². The van der Waals surface area contributed by atoms with Gasteiger partial charge in [-0.25, -0.2) is 0 Å². The van der Waals surface area contributed by atoms with Gasteiger partial charge in [0.25, 0.3) is 0 Å². The molecule has 0 unspecified atom stereocenters. The third kappa shape index (κ3) is 1.31. The lowest BCUT2D eigenvalue weighted by Crippen LogP contribution is -1.74. The number of rotatable bonds is 2. The van der Waals surface area contributed by atoms with Crippen LogP contribution in [0.4, 0.5) is 0 Å². The molecular weight excluding hydrogens is 114 g/mol. The Morgan fingerprint density at radius 3 is 2.89 bits per heavy atom. The van der Waals surface area contributed by atoms with Crippen LogP contribution in [0, 0.1) is 6.92 Å². The average Bonchev–Trinajstić information content (AvgIpc) is 2.34. The maximum absolute atomic E-state index is 4.91. The maximum atomic E-state index is 4.91. The number of hydrogen-bond donors (Lipinski definition) is 0. The molecule has 2 nitrogen and oxygen atoms in total. The van der Waals surface area contributed by atoms with E-state index in [1.165, 1.54) is 0 Å². The zero-order chi connectivity index (χ0) is 6.69. The smallest absolute Gasteiger partial charge is 0.136 e. The third-order valence-electron chi connectivity index (χ3n) is 1.21. The first-order chi connectivity index (χ1) is 4.36. The highest BCUT2D eigenvalue weighted by Gasteiger charge is 1.97. The topological polar surface area (TPSA) is 26.0 Å². The fraction of sp³-hybridized carbons (Fsp3) is 0.429. The summed E-state index contributed by atoms with van der Waals surface area (Å²) in [4.78, 5) is 0. The zero-order valence-electron chi connectivity index (χ0n) is 5.55. The molecular formula is C7H10NO. The van der Waals surface area contributed by atoms with E-state index in [1.807, 2.05) is 13.0 Å². The van der Waals surface area contributed by atoms with Gasteiger partial charge in [0.15, 0.2) is 0 Å². The molecule has 0 atom stereocenters. The van der Waals surface area contributed by atoms with E-state index in [2.05, 4.69) is 12.1 Å². The van der Waals surface area contributed by atoms with E-state index < -0.39 is 0 Å². The van der Waals surface area contributed by atoms with Crippen LogP contribution in [0.5, 0.6) is 0 Å². The Hall–Kier alpha value is -0.790. The molecule has 0 saturated heterocycles. The Labute approximate surface area is 54.9 Å². The second-order valence-electron chi connectivity index (χ2n) is 1.89. The second-order valence-corrected chi connectivity index (χ2v) is 1.89. The lowest BCUT2D eigenvalue weighted by molar-refractivity contribution is 0.382. The van der Waals surface area contributed by atoms with Gasteiger partial charge in [-0.1, -0.05) is 12.1 Å². The molecule has 1 heterocycles. The molecule has 9 heavy (non-hydrogen) atoms. The lowest BCUT2D eigenvalue weighted by Gasteiger charge is -1.77. The van der Waals surface area contributed by atoms with Crippen LogP contribution in [0.3, 0.4) is 0 Å². The van der Waals surface area contributed by atoms with E-state index in [1.54, 1.807) is 0 Å². The lowest BCUT2D eigenvalue weighted by atomic mass is 10.3. The minimum absolute atomic E-state index is 0.712. The highest BCUT2D eigenvalue weighted by atomic mass is 16.5. The SMILES string of the molecule is [CH2]Cc1cc(CC)on1. The maximum Gasteiger partial charge on any atom is 0.136 e. The predicted octanol–water partition coefficient (Wildman–Crippen LogP) is 1.61. The zero-order valence-corrected chi connectivity index (χ0v) is 5.55. The average molecular weight is 124 g/mol. The summed E-state index contributed by atoms with van der Waals surface area (Å²) in [6, 6.07) is 1.94. The summed E-state index contributed by atoms with van der Waals surface area (Å²) < 4.78 is 4.91. The molecule has 0 spiro atoms. The van der Waals surface area contributed by atoms with Gasteiger partial charge in [0.05, 0.1) is 5.69 Å². The van der Waals surface area contributed by atoms with Gasteiger partial charge in [0.1, 0.15) is 5.76 Å². The standard InChI is InChI=1S/C7H10NO/c1-3-6-5-7(4-2)9-8-6/h5H,1,3-4H2,2H3. The van der Waals surface area contributed by atoms with Gasteiger partial charge < -0.3 is 4.52 Å². The van der Waals surface area contributed by atoms with E-state index in [0.717, 1.165) is 17.9 Å². The van der Waals surface area contributed by atoms with Crippen LogP contribution < -0.4 is 0 Å². The van der Waals surface area contributed by atoms with Gasteiger partial charge in [0, 0.05) is 12.5 Å². The first-order valence-electron chi connectivity index (χ1n) is 3.10. The molecule has 0 bridgehead atoms. The largest absolute Gasteiger partial charge is 0.361 e. The van der Waals surface area contributed by atoms with E-state index in [4.69, 9.17) is 4.52 Å². The summed E-state index contributed by atoms with van der Waals surface area (Å²) in [5, 5.41) is 3.77. The van der Waals surface area contributed by atoms with Crippen molar-refractivity contribution in [1.29, 1.82) is 0 Å². The Morgan fingerprint density at radius 2 is 2.56 bits per heavy atom. The Kier molecular flexibility index (Phi) is 1.88. The first-order valence-corrected chi connectivity index (χ1v) is 3.10. The number of nitrogens with zero attached hydrogens (tertiary/aromatic N) is 1. The Morgan fingerprint density at radius 1 is 1.78 bits per heavy atom. The molecule has 1 aromatic heterocycles. The molecule has 1 rings (SSSR count). The van der Waals surface area contributed by atoms with Crippen molar-refractivity contribution in [1.82, 2.24) is 5.16 Å². The summed E-state index contributed by atoms with van der Waals surface area (Å²) in [5.74, 6) is 0.939. The normalized spacial score (nSPS) is 10.0. The second kappa shape index (κ2) is 2.67. The summed E-state index contributed by atoms with van der Waals surface area (Å²) >= 11 is 0. The molecule has 0 aliphatic rings. The third-order valence-corrected chi connectivity index (χ3v) is 1.21. The Bertz CT molecular complexity index is 162. The molecule has 0 aliphatic carbocycles. The van der Waals surface area contributed by atoms with Gasteiger partial charge >= 0.3 is 0 Å². The quantitative estimate of drug-likeness (QED) is 0.598. The van der Waals surface area contributed by atoms with Crippen LogP contribution in [0.1, 0.15) is 18.4 Å².